The Morgan fingerprint density at radius 3 is 2.76 bits per heavy atom. The van der Waals surface area contributed by atoms with E-state index in [1.807, 2.05) is 30.0 Å². The Hall–Kier alpha value is -2.58. The van der Waals surface area contributed by atoms with Crippen LogP contribution in [0.5, 0.6) is 5.75 Å². The SMILES string of the molecule is COCCCN(CC(=O)N1CCc2sccc2[C@H]1COc1ccc(Cl)c(C)c1)C(=O)c1cccc(Cl)c1. The quantitative estimate of drug-likeness (QED) is 0.283. The van der Waals surface area contributed by atoms with Crippen molar-refractivity contribution in [1.29, 1.82) is 0 Å². The molecule has 0 saturated carbocycles. The highest BCUT2D eigenvalue weighted by Crippen LogP contribution is 2.34. The molecule has 196 valence electrons. The van der Waals surface area contributed by atoms with E-state index in [1.165, 1.54) is 4.88 Å². The standard InChI is InChI=1S/C28H30Cl2N2O4S/c1-19-15-22(7-8-24(19)30)36-18-25-23-10-14-37-26(23)9-12-32(25)27(33)17-31(11-4-13-35-2)28(34)20-5-3-6-21(29)16-20/h3,5-8,10,14-16,25H,4,9,11-13,17-18H2,1-2H3/t25-/m1/s1. The molecule has 0 unspecified atom stereocenters. The third-order valence-electron chi connectivity index (χ3n) is 6.41. The Morgan fingerprint density at radius 2 is 2.00 bits per heavy atom. The fourth-order valence-corrected chi connectivity index (χ4v) is 5.70. The summed E-state index contributed by atoms with van der Waals surface area (Å²) in [5.41, 5.74) is 2.48. The van der Waals surface area contributed by atoms with E-state index in [0.29, 0.717) is 54.1 Å². The van der Waals surface area contributed by atoms with Crippen molar-refractivity contribution in [2.24, 2.45) is 0 Å². The van der Waals surface area contributed by atoms with Crippen LogP contribution in [0.25, 0.3) is 0 Å². The van der Waals surface area contributed by atoms with Crippen LogP contribution in [0.2, 0.25) is 10.0 Å². The van der Waals surface area contributed by atoms with Crippen molar-refractivity contribution in [1.82, 2.24) is 9.80 Å². The molecule has 2 aromatic carbocycles. The molecule has 37 heavy (non-hydrogen) atoms. The van der Waals surface area contributed by atoms with Crippen molar-refractivity contribution < 1.29 is 19.1 Å². The van der Waals surface area contributed by atoms with Crippen molar-refractivity contribution in [2.75, 3.05) is 40.0 Å². The summed E-state index contributed by atoms with van der Waals surface area (Å²) in [6, 6.07) is 14.1. The number of fused-ring (bicyclic) bond motifs is 1. The van der Waals surface area contributed by atoms with Gasteiger partial charge in [0.05, 0.1) is 6.04 Å². The van der Waals surface area contributed by atoms with Gasteiger partial charge >= 0.3 is 0 Å². The number of rotatable bonds is 10. The molecule has 0 saturated heterocycles. The van der Waals surface area contributed by atoms with Crippen molar-refractivity contribution >= 4 is 46.4 Å². The predicted octanol–water partition coefficient (Wildman–Crippen LogP) is 6.05. The monoisotopic (exact) mass is 560 g/mol. The van der Waals surface area contributed by atoms with E-state index in [4.69, 9.17) is 32.7 Å². The summed E-state index contributed by atoms with van der Waals surface area (Å²) in [6.07, 6.45) is 1.40. The van der Waals surface area contributed by atoms with E-state index >= 15 is 0 Å². The molecular formula is C28H30Cl2N2O4S. The number of nitrogens with zero attached hydrogens (tertiary/aromatic N) is 2. The number of thiophene rings is 1. The van der Waals surface area contributed by atoms with Gasteiger partial charge in [0.25, 0.3) is 5.91 Å². The van der Waals surface area contributed by atoms with Gasteiger partial charge in [-0.25, -0.2) is 0 Å². The number of carbonyl (C=O) groups excluding carboxylic acids is 2. The van der Waals surface area contributed by atoms with Crippen LogP contribution >= 0.6 is 34.5 Å². The minimum Gasteiger partial charge on any atom is -0.491 e. The fourth-order valence-electron chi connectivity index (χ4n) is 4.47. The van der Waals surface area contributed by atoms with Crippen molar-refractivity contribution in [3.63, 3.8) is 0 Å². The number of hydrogen-bond donors (Lipinski definition) is 0. The van der Waals surface area contributed by atoms with Crippen LogP contribution in [-0.4, -0.2) is 61.6 Å². The van der Waals surface area contributed by atoms with Gasteiger partial charge in [-0.3, -0.25) is 9.59 Å². The average molecular weight is 562 g/mol. The summed E-state index contributed by atoms with van der Waals surface area (Å²) >= 11 is 14.0. The smallest absolute Gasteiger partial charge is 0.254 e. The Labute approximate surface area is 231 Å². The Bertz CT molecular complexity index is 1250. The number of halogens is 2. The van der Waals surface area contributed by atoms with E-state index in [0.717, 1.165) is 17.5 Å². The summed E-state index contributed by atoms with van der Waals surface area (Å²) in [7, 11) is 1.62. The number of benzene rings is 2. The zero-order valence-electron chi connectivity index (χ0n) is 20.9. The lowest BCUT2D eigenvalue weighted by Gasteiger charge is -2.37. The highest BCUT2D eigenvalue weighted by Gasteiger charge is 2.33. The Balaban J connectivity index is 1.53. The van der Waals surface area contributed by atoms with Crippen molar-refractivity contribution in [2.45, 2.75) is 25.8 Å². The molecular weight excluding hydrogens is 531 g/mol. The van der Waals surface area contributed by atoms with Crippen LogP contribution in [0.15, 0.2) is 53.9 Å². The van der Waals surface area contributed by atoms with Crippen molar-refractivity contribution in [3.8, 4) is 5.75 Å². The summed E-state index contributed by atoms with van der Waals surface area (Å²) in [6.45, 7) is 3.66. The van der Waals surface area contributed by atoms with Gasteiger partial charge in [0, 0.05) is 47.3 Å². The van der Waals surface area contributed by atoms with Gasteiger partial charge in [0.15, 0.2) is 0 Å². The minimum absolute atomic E-state index is 0.0366. The molecule has 0 fully saturated rings. The number of ether oxygens (including phenoxy) is 2. The first kappa shape index (κ1) is 27.5. The van der Waals surface area contributed by atoms with E-state index in [1.54, 1.807) is 47.6 Å². The highest BCUT2D eigenvalue weighted by atomic mass is 35.5. The largest absolute Gasteiger partial charge is 0.491 e. The molecule has 1 atom stereocenters. The first-order chi connectivity index (χ1) is 17.9. The molecule has 0 spiro atoms. The molecule has 2 amide bonds. The maximum Gasteiger partial charge on any atom is 0.254 e. The molecule has 6 nitrogen and oxygen atoms in total. The average Bonchev–Trinajstić information content (AvgIpc) is 3.37. The lowest BCUT2D eigenvalue weighted by atomic mass is 10.00. The first-order valence-electron chi connectivity index (χ1n) is 12.2. The third-order valence-corrected chi connectivity index (χ3v) is 8.07. The van der Waals surface area contributed by atoms with Gasteiger partial charge in [-0.15, -0.1) is 11.3 Å². The lowest BCUT2D eigenvalue weighted by molar-refractivity contribution is -0.135. The fraction of sp³-hybridized carbons (Fsp3) is 0.357. The van der Waals surface area contributed by atoms with Gasteiger partial charge in [-0.2, -0.15) is 0 Å². The van der Waals surface area contributed by atoms with Crippen LogP contribution in [-0.2, 0) is 16.0 Å². The molecule has 4 rings (SSSR count). The molecule has 0 bridgehead atoms. The molecule has 3 aromatic rings. The minimum atomic E-state index is -0.249. The van der Waals surface area contributed by atoms with E-state index in [-0.39, 0.29) is 24.4 Å². The molecule has 1 aliphatic rings. The molecule has 0 aliphatic carbocycles. The second kappa shape index (κ2) is 12.8. The summed E-state index contributed by atoms with van der Waals surface area (Å²) in [5.74, 6) is 0.351. The van der Waals surface area contributed by atoms with Gasteiger partial charge < -0.3 is 19.3 Å². The van der Waals surface area contributed by atoms with Gasteiger partial charge in [-0.05, 0) is 78.7 Å². The number of carbonyl (C=O) groups is 2. The van der Waals surface area contributed by atoms with E-state index < -0.39 is 0 Å². The Morgan fingerprint density at radius 1 is 1.16 bits per heavy atom. The molecule has 2 heterocycles. The summed E-state index contributed by atoms with van der Waals surface area (Å²) < 4.78 is 11.3. The molecule has 0 N–H and O–H groups in total. The van der Waals surface area contributed by atoms with E-state index in [2.05, 4.69) is 11.4 Å². The zero-order chi connectivity index (χ0) is 26.4. The zero-order valence-corrected chi connectivity index (χ0v) is 23.2. The number of hydrogen-bond acceptors (Lipinski definition) is 5. The third kappa shape index (κ3) is 6.85. The highest BCUT2D eigenvalue weighted by molar-refractivity contribution is 7.10. The lowest BCUT2D eigenvalue weighted by Crippen LogP contribution is -2.48. The number of methoxy groups -OCH3 is 1. The van der Waals surface area contributed by atoms with Crippen LogP contribution in [0, 0.1) is 6.92 Å². The van der Waals surface area contributed by atoms with Crippen LogP contribution in [0.4, 0.5) is 0 Å². The topological polar surface area (TPSA) is 59.1 Å². The van der Waals surface area contributed by atoms with Gasteiger partial charge in [0.1, 0.15) is 18.9 Å². The molecule has 1 aromatic heterocycles. The van der Waals surface area contributed by atoms with Crippen LogP contribution < -0.4 is 4.74 Å². The Kier molecular flexibility index (Phi) is 9.49. The maximum atomic E-state index is 13.7. The predicted molar refractivity (Wildman–Crippen MR) is 148 cm³/mol. The summed E-state index contributed by atoms with van der Waals surface area (Å²) in [5, 5.41) is 3.21. The second-order valence-corrected chi connectivity index (χ2v) is 10.8. The van der Waals surface area contributed by atoms with Gasteiger partial charge in [-0.1, -0.05) is 29.3 Å². The number of amides is 2. The number of aryl methyl sites for hydroxylation is 1. The van der Waals surface area contributed by atoms with Crippen LogP contribution in [0.3, 0.4) is 0 Å². The first-order valence-corrected chi connectivity index (χ1v) is 13.8. The van der Waals surface area contributed by atoms with Crippen LogP contribution in [0.1, 0.15) is 38.8 Å². The van der Waals surface area contributed by atoms with E-state index in [9.17, 15) is 9.59 Å². The molecule has 1 aliphatic heterocycles. The normalized spacial score (nSPS) is 14.8. The second-order valence-electron chi connectivity index (χ2n) is 8.96. The molecule has 9 heteroatoms. The maximum absolute atomic E-state index is 13.7. The summed E-state index contributed by atoms with van der Waals surface area (Å²) in [4.78, 5) is 31.7. The molecule has 0 radical (unpaired) electrons. The van der Waals surface area contributed by atoms with Crippen molar-refractivity contribution in [3.05, 3.63) is 85.5 Å². The van der Waals surface area contributed by atoms with Gasteiger partial charge in [0.2, 0.25) is 5.91 Å².